The van der Waals surface area contributed by atoms with E-state index in [9.17, 15) is 0 Å². The van der Waals surface area contributed by atoms with Crippen molar-refractivity contribution in [2.24, 2.45) is 28.2 Å². The second-order valence-electron chi connectivity index (χ2n) is 29.5. The van der Waals surface area contributed by atoms with Gasteiger partial charge in [-0.05, 0) is 200 Å². The van der Waals surface area contributed by atoms with Gasteiger partial charge in [0, 0.05) is 97.9 Å². The third kappa shape index (κ3) is 10.8. The Morgan fingerprint density at radius 3 is 1.26 bits per heavy atom. The largest absolute Gasteiger partial charge is 0.215 e. The molecule has 486 valence electrons. The van der Waals surface area contributed by atoms with Gasteiger partial charge in [0.15, 0.2) is 24.8 Å². The fourth-order valence-electron chi connectivity index (χ4n) is 16.6. The van der Waals surface area contributed by atoms with Crippen molar-refractivity contribution < 1.29 is 29.5 Å². The summed E-state index contributed by atoms with van der Waals surface area (Å²) in [4.78, 5) is 0. The van der Waals surface area contributed by atoms with Crippen LogP contribution in [0.15, 0.2) is 225 Å². The van der Waals surface area contributed by atoms with Gasteiger partial charge in [0.1, 0.15) is 34.0 Å². The molecule has 0 amide bonds. The molecule has 4 aliphatic carbocycles. The van der Waals surface area contributed by atoms with E-state index < -0.39 is 12.7 Å². The number of hydrogen-bond acceptors (Lipinski definition) is 0. The Morgan fingerprint density at radius 2 is 0.742 bits per heavy atom. The number of aromatic nitrogens is 4. The summed E-state index contributed by atoms with van der Waals surface area (Å²) in [5.41, 5.74) is 33.6. The summed E-state index contributed by atoms with van der Waals surface area (Å²) in [5, 5.41) is 0. The Kier molecular flexibility index (Phi) is 15.2. The number of rotatable bonds is 5. The Labute approximate surface area is 584 Å². The maximum Gasteiger partial charge on any atom is 0.215 e. The molecule has 5 heteroatoms. The first-order valence-corrected chi connectivity index (χ1v) is 34.2. The highest BCUT2D eigenvalue weighted by atomic mass is 19.1. The van der Waals surface area contributed by atoms with E-state index in [1.54, 1.807) is 0 Å². The molecule has 0 radical (unpaired) electrons. The van der Waals surface area contributed by atoms with Gasteiger partial charge in [0.25, 0.3) is 0 Å². The molecule has 16 rings (SSSR count). The average molecular weight is 1280 g/mol. The summed E-state index contributed by atoms with van der Waals surface area (Å²) < 4.78 is 66.1. The van der Waals surface area contributed by atoms with Gasteiger partial charge in [-0.1, -0.05) is 178 Å². The zero-order valence-electron chi connectivity index (χ0n) is 65.0. The summed E-state index contributed by atoms with van der Waals surface area (Å²) in [6.07, 6.45) is 8.16. The predicted octanol–water partition coefficient (Wildman–Crippen LogP) is 20.7. The number of nitrogens with zero attached hydrogens (tertiary/aromatic N) is 4. The van der Waals surface area contributed by atoms with E-state index in [1.165, 1.54) is 96.2 Å². The van der Waals surface area contributed by atoms with Gasteiger partial charge in [-0.15, -0.1) is 0 Å². The number of hydrogen-bond donors (Lipinski definition) is 0. The number of pyridine rings is 4. The highest BCUT2D eigenvalue weighted by Gasteiger charge is 2.43. The third-order valence-corrected chi connectivity index (χ3v) is 22.0. The van der Waals surface area contributed by atoms with Crippen LogP contribution in [0, 0.1) is 40.4 Å². The summed E-state index contributed by atoms with van der Waals surface area (Å²) in [7, 11) is 8.16. The molecule has 4 aliphatic rings. The van der Waals surface area contributed by atoms with Crippen molar-refractivity contribution in [3.05, 3.63) is 309 Å². The molecule has 0 saturated carbocycles. The van der Waals surface area contributed by atoms with Gasteiger partial charge in [-0.25, -0.2) is 22.7 Å². The zero-order valence-corrected chi connectivity index (χ0v) is 60.0. The van der Waals surface area contributed by atoms with Gasteiger partial charge >= 0.3 is 0 Å². The van der Waals surface area contributed by atoms with E-state index in [0.29, 0.717) is 17.2 Å². The lowest BCUT2D eigenvalue weighted by molar-refractivity contribution is -0.660. The third-order valence-electron chi connectivity index (χ3n) is 22.0. The molecule has 0 aliphatic heterocycles. The summed E-state index contributed by atoms with van der Waals surface area (Å²) in [6, 6.07) is 68.1. The van der Waals surface area contributed by atoms with Crippen molar-refractivity contribution in [3.63, 3.8) is 0 Å². The second-order valence-corrected chi connectivity index (χ2v) is 29.5. The molecule has 0 fully saturated rings. The molecule has 97 heavy (non-hydrogen) atoms. The Hall–Kier alpha value is -9.71. The van der Waals surface area contributed by atoms with Gasteiger partial charge < -0.3 is 0 Å². The number of fused-ring (bicyclic) bond motifs is 12. The van der Waals surface area contributed by atoms with Crippen molar-refractivity contribution in [1.82, 2.24) is 0 Å². The predicted molar refractivity (Wildman–Crippen MR) is 400 cm³/mol. The fraction of sp³-hybridized carbons (Fsp3) is 0.261. The quantitative estimate of drug-likeness (QED) is 0.153. The minimum atomic E-state index is -2.45. The van der Waals surface area contributed by atoms with Gasteiger partial charge in [-0.3, -0.25) is 0 Å². The van der Waals surface area contributed by atoms with Crippen molar-refractivity contribution in [3.8, 4) is 89.5 Å². The molecule has 0 bridgehead atoms. The molecule has 4 heterocycles. The Bertz CT molecular complexity index is 5400. The van der Waals surface area contributed by atoms with Crippen LogP contribution in [0.2, 0.25) is 0 Å². The van der Waals surface area contributed by atoms with E-state index in [2.05, 4.69) is 233 Å². The summed E-state index contributed by atoms with van der Waals surface area (Å²) in [6.45, 7) is 27.5. The van der Waals surface area contributed by atoms with Crippen LogP contribution in [0.5, 0.6) is 0 Å². The maximum atomic E-state index is 15.7. The smallest absolute Gasteiger partial charge is 0.206 e. The zero-order chi connectivity index (χ0) is 73.2. The molecular formula is C92H95FN4+4. The van der Waals surface area contributed by atoms with Crippen molar-refractivity contribution in [1.29, 1.82) is 0 Å². The van der Waals surface area contributed by atoms with Crippen LogP contribution in [0.3, 0.4) is 0 Å². The first-order chi connectivity index (χ1) is 48.1. The number of aryl methyl sites for hydroxylation is 6. The van der Waals surface area contributed by atoms with Gasteiger partial charge in [0.2, 0.25) is 22.8 Å². The molecule has 8 aromatic carbocycles. The lowest BCUT2D eigenvalue weighted by atomic mass is 9.79. The minimum Gasteiger partial charge on any atom is -0.206 e. The Morgan fingerprint density at radius 1 is 0.351 bits per heavy atom. The Balaban J connectivity index is 0.000000122. The standard InChI is InChI=1S/C25H28N.C23H24N.C22H21FN.C22H22N/c1-16(2)23-17(3)19(22-13-9-10-14-26(22)6)15-21-24(23)18-11-7-8-12-20(18)25(21,4)5;1-15-16(2)22-17-10-6-7-11-19(17)23(3,4)20(22)14-18(15)21-12-8-9-13-24(21)5;1-14-13-16-15-9-5-6-10-17(15)22(2,3)20(16)21(23)19(14)18-11-7-8-12-24(18)4;1-15-13-18-16-9-5-6-10-19(16)22(2,3)20(18)14-17(15)21-11-7-8-12-23(21)4/h7-16H,1-6H3;6-14H,1-5H3;5-13H,1-4H3;5-14H,1-4H3/q4*+1/i1D3,16D;;;10D. The molecule has 1 unspecified atom stereocenters. The first-order valence-electron chi connectivity index (χ1n) is 36.7. The SMILES string of the molecule is Cc1c(-c2cccc[n+]2C)cc2c(c1C)-c1ccccc1C2(C)C.Cc1cc2c(c(F)c1-c1cccc[n+]1C)C(C)(C)c1ccccc1-2.[2H]C([2H])([2H])C([2H])(C)c1c(C)c(-c2cccc[n+]2C)cc2c1-c1ccccc1C2(C)C.[2H]c1cccc2c1C(C)(C)c1cc(-c3cccc[n+]3C)c(C)cc1-2. The summed E-state index contributed by atoms with van der Waals surface area (Å²) >= 11 is 0. The highest BCUT2D eigenvalue weighted by molar-refractivity contribution is 5.90. The minimum absolute atomic E-state index is 0.0481. The van der Waals surface area contributed by atoms with Crippen molar-refractivity contribution in [2.45, 2.75) is 131 Å². The number of halogens is 1. The lowest BCUT2D eigenvalue weighted by Crippen LogP contribution is -2.31. The van der Waals surface area contributed by atoms with Crippen LogP contribution >= 0.6 is 0 Å². The first kappa shape index (κ1) is 59.8. The van der Waals surface area contributed by atoms with Crippen LogP contribution in [-0.2, 0) is 49.9 Å². The second kappa shape index (κ2) is 24.7. The average Bonchev–Trinajstić information content (AvgIpc) is 1.61. The molecule has 0 N–H and O–H groups in total. The van der Waals surface area contributed by atoms with Crippen molar-refractivity contribution >= 4 is 0 Å². The van der Waals surface area contributed by atoms with Crippen LogP contribution in [-0.4, -0.2) is 0 Å². The molecule has 1 atom stereocenters. The van der Waals surface area contributed by atoms with Crippen LogP contribution in [0.1, 0.15) is 160 Å². The fourth-order valence-corrected chi connectivity index (χ4v) is 16.6. The molecule has 12 aromatic rings. The van der Waals surface area contributed by atoms with Gasteiger partial charge in [-0.2, -0.15) is 0 Å². The molecular weight excluding hydrogens is 1180 g/mol. The monoisotopic (exact) mass is 1280 g/mol. The van der Waals surface area contributed by atoms with E-state index in [4.69, 9.17) is 6.85 Å². The van der Waals surface area contributed by atoms with E-state index >= 15 is 4.39 Å². The van der Waals surface area contributed by atoms with E-state index in [-0.39, 0.29) is 27.5 Å². The van der Waals surface area contributed by atoms with Crippen LogP contribution in [0.4, 0.5) is 4.39 Å². The van der Waals surface area contributed by atoms with Crippen molar-refractivity contribution in [2.75, 3.05) is 0 Å². The summed E-state index contributed by atoms with van der Waals surface area (Å²) in [5.74, 6) is -1.83. The van der Waals surface area contributed by atoms with Gasteiger partial charge in [0.05, 0.1) is 6.93 Å². The normalized spacial score (nSPS) is 15.9. The molecule has 4 aromatic heterocycles. The molecule has 4 nitrogen and oxygen atoms in total. The van der Waals surface area contributed by atoms with Crippen LogP contribution in [0.25, 0.3) is 89.5 Å². The number of benzene rings is 8. The molecule has 0 saturated heterocycles. The van der Waals surface area contributed by atoms with E-state index in [1.807, 2.05) is 122 Å². The molecule has 0 spiro atoms. The van der Waals surface area contributed by atoms with Crippen LogP contribution < -0.4 is 18.3 Å². The maximum absolute atomic E-state index is 15.7. The topological polar surface area (TPSA) is 15.5 Å². The lowest BCUT2D eigenvalue weighted by Gasteiger charge is -2.24. The highest BCUT2D eigenvalue weighted by Crippen LogP contribution is 2.56. The van der Waals surface area contributed by atoms with E-state index in [0.717, 1.165) is 67.0 Å².